The van der Waals surface area contributed by atoms with Crippen LogP contribution in [0.5, 0.6) is 0 Å². The summed E-state index contributed by atoms with van der Waals surface area (Å²) in [6.07, 6.45) is 1.03. The van der Waals surface area contributed by atoms with E-state index in [2.05, 4.69) is 5.32 Å². The van der Waals surface area contributed by atoms with Crippen LogP contribution in [0.1, 0.15) is 21.7 Å². The van der Waals surface area contributed by atoms with Crippen LogP contribution in [-0.2, 0) is 22.5 Å². The third-order valence-electron chi connectivity index (χ3n) is 3.26. The van der Waals surface area contributed by atoms with Gasteiger partial charge in [-0.15, -0.1) is 0 Å². The number of nitrogens with one attached hydrogen (secondary N) is 1. The second-order valence-corrected chi connectivity index (χ2v) is 5.13. The summed E-state index contributed by atoms with van der Waals surface area (Å²) in [5.41, 5.74) is 1.17. The van der Waals surface area contributed by atoms with Crippen molar-refractivity contribution in [1.29, 1.82) is 0 Å². The van der Waals surface area contributed by atoms with Crippen molar-refractivity contribution < 1.29 is 18.7 Å². The molecule has 0 spiro atoms. The van der Waals surface area contributed by atoms with Gasteiger partial charge in [0.2, 0.25) is 0 Å². The van der Waals surface area contributed by atoms with Gasteiger partial charge in [0.1, 0.15) is 5.76 Å². The summed E-state index contributed by atoms with van der Waals surface area (Å²) in [5, 5.41) is 3.15. The summed E-state index contributed by atoms with van der Waals surface area (Å²) in [6, 6.07) is 8.48. The van der Waals surface area contributed by atoms with Gasteiger partial charge < -0.3 is 14.5 Å². The van der Waals surface area contributed by atoms with Crippen LogP contribution in [0.2, 0.25) is 5.02 Å². The Morgan fingerprint density at radius 2 is 2.24 bits per heavy atom. The van der Waals surface area contributed by atoms with E-state index in [-0.39, 0.29) is 12.5 Å². The number of halogens is 1. The monoisotopic (exact) mass is 305 g/mol. The molecule has 5 nitrogen and oxygen atoms in total. The highest BCUT2D eigenvalue weighted by molar-refractivity contribution is 6.31. The van der Waals surface area contributed by atoms with Gasteiger partial charge in [-0.25, -0.2) is 4.79 Å². The first kappa shape index (κ1) is 13.7. The summed E-state index contributed by atoms with van der Waals surface area (Å²) in [7, 11) is 0. The number of ether oxygens (including phenoxy) is 1. The van der Waals surface area contributed by atoms with Gasteiger partial charge >= 0.3 is 5.97 Å². The Labute approximate surface area is 125 Å². The number of hydrogen-bond acceptors (Lipinski definition) is 4. The van der Waals surface area contributed by atoms with E-state index in [4.69, 9.17) is 20.8 Å². The fraction of sp³-hybridized carbons (Fsp3) is 0.200. The molecule has 1 aliphatic heterocycles. The lowest BCUT2D eigenvalue weighted by Gasteiger charge is -2.23. The van der Waals surface area contributed by atoms with Crippen molar-refractivity contribution in [3.8, 4) is 0 Å². The molecule has 0 radical (unpaired) electrons. The zero-order chi connectivity index (χ0) is 14.8. The molecule has 108 valence electrons. The highest BCUT2D eigenvalue weighted by Gasteiger charge is 2.31. The molecule has 1 aromatic heterocycles. The molecule has 0 fully saturated rings. The van der Waals surface area contributed by atoms with Gasteiger partial charge in [0.15, 0.2) is 6.10 Å². The molecule has 1 aromatic carbocycles. The summed E-state index contributed by atoms with van der Waals surface area (Å²) in [4.78, 5) is 24.0. The third-order valence-corrected chi connectivity index (χ3v) is 3.49. The summed E-state index contributed by atoms with van der Waals surface area (Å²) >= 11 is 5.85. The van der Waals surface area contributed by atoms with Crippen molar-refractivity contribution in [3.63, 3.8) is 0 Å². The SMILES string of the molecule is O=C1O[C@@H](C(=O)NCc2ccco2)Cc2ccc(Cl)cc21. The number of furan rings is 1. The van der Waals surface area contributed by atoms with Crippen molar-refractivity contribution in [3.05, 3.63) is 58.5 Å². The topological polar surface area (TPSA) is 68.5 Å². The number of carbonyl (C=O) groups is 2. The zero-order valence-electron chi connectivity index (χ0n) is 11.0. The molecule has 3 rings (SSSR count). The average Bonchev–Trinajstić information content (AvgIpc) is 2.98. The molecule has 0 saturated carbocycles. The molecular formula is C15H12ClNO4. The average molecular weight is 306 g/mol. The molecular weight excluding hydrogens is 294 g/mol. The quantitative estimate of drug-likeness (QED) is 0.884. The molecule has 1 amide bonds. The normalized spacial score (nSPS) is 17.0. The number of fused-ring (bicyclic) bond motifs is 1. The summed E-state index contributed by atoms with van der Waals surface area (Å²) < 4.78 is 10.3. The Morgan fingerprint density at radius 1 is 1.38 bits per heavy atom. The summed E-state index contributed by atoms with van der Waals surface area (Å²) in [6.45, 7) is 0.257. The number of carbonyl (C=O) groups excluding carboxylic acids is 2. The van der Waals surface area contributed by atoms with Gasteiger partial charge in [0.05, 0.1) is 18.4 Å². The van der Waals surface area contributed by atoms with Crippen LogP contribution in [0.3, 0.4) is 0 Å². The minimum absolute atomic E-state index is 0.257. The molecule has 0 unspecified atom stereocenters. The Bertz CT molecular complexity index is 681. The standard InChI is InChI=1S/C15H12ClNO4/c16-10-4-3-9-6-13(21-15(19)12(9)7-10)14(18)17-8-11-2-1-5-20-11/h1-5,7,13H,6,8H2,(H,17,18)/t13-/m1/s1. The number of cyclic esters (lactones) is 1. The Hall–Kier alpha value is -2.27. The van der Waals surface area contributed by atoms with Crippen LogP contribution in [-0.4, -0.2) is 18.0 Å². The molecule has 1 aliphatic rings. The molecule has 0 bridgehead atoms. The van der Waals surface area contributed by atoms with Gasteiger partial charge in [-0.05, 0) is 29.8 Å². The maximum absolute atomic E-state index is 12.1. The number of rotatable bonds is 3. The van der Waals surface area contributed by atoms with Crippen molar-refractivity contribution in [2.24, 2.45) is 0 Å². The second kappa shape index (κ2) is 5.61. The van der Waals surface area contributed by atoms with E-state index in [9.17, 15) is 9.59 Å². The summed E-state index contributed by atoms with van der Waals surface area (Å²) in [5.74, 6) is -0.241. The molecule has 6 heteroatoms. The lowest BCUT2D eigenvalue weighted by molar-refractivity contribution is -0.130. The van der Waals surface area contributed by atoms with Gasteiger partial charge in [0, 0.05) is 11.4 Å². The van der Waals surface area contributed by atoms with Gasteiger partial charge in [0.25, 0.3) is 5.91 Å². The lowest BCUT2D eigenvalue weighted by atomic mass is 9.98. The largest absolute Gasteiger partial charge is 0.467 e. The lowest BCUT2D eigenvalue weighted by Crippen LogP contribution is -2.41. The predicted octanol–water partition coefficient (Wildman–Crippen LogP) is 2.33. The van der Waals surface area contributed by atoms with Gasteiger partial charge in [-0.3, -0.25) is 4.79 Å². The van der Waals surface area contributed by atoms with Crippen molar-refractivity contribution >= 4 is 23.5 Å². The van der Waals surface area contributed by atoms with Crippen LogP contribution in [0.25, 0.3) is 0 Å². The van der Waals surface area contributed by atoms with E-state index in [0.29, 0.717) is 22.8 Å². The molecule has 2 aromatic rings. The predicted molar refractivity (Wildman–Crippen MR) is 74.9 cm³/mol. The first-order valence-corrected chi connectivity index (χ1v) is 6.81. The molecule has 0 saturated heterocycles. The van der Waals surface area contributed by atoms with Gasteiger partial charge in [-0.1, -0.05) is 17.7 Å². The Balaban J connectivity index is 1.69. The van der Waals surface area contributed by atoms with Crippen molar-refractivity contribution in [1.82, 2.24) is 5.32 Å². The van der Waals surface area contributed by atoms with E-state index < -0.39 is 12.1 Å². The van der Waals surface area contributed by atoms with Crippen molar-refractivity contribution in [2.75, 3.05) is 0 Å². The maximum atomic E-state index is 12.1. The number of benzene rings is 1. The van der Waals surface area contributed by atoms with E-state index in [1.54, 1.807) is 30.3 Å². The minimum atomic E-state index is -0.832. The smallest absolute Gasteiger partial charge is 0.339 e. The van der Waals surface area contributed by atoms with Crippen LogP contribution < -0.4 is 5.32 Å². The molecule has 1 N–H and O–H groups in total. The first-order valence-electron chi connectivity index (χ1n) is 6.43. The molecule has 2 heterocycles. The van der Waals surface area contributed by atoms with Crippen molar-refractivity contribution in [2.45, 2.75) is 19.1 Å². The second-order valence-electron chi connectivity index (χ2n) is 4.70. The Morgan fingerprint density at radius 3 is 3.00 bits per heavy atom. The maximum Gasteiger partial charge on any atom is 0.339 e. The van der Waals surface area contributed by atoms with Crippen LogP contribution in [0.15, 0.2) is 41.0 Å². The molecule has 1 atom stereocenters. The third kappa shape index (κ3) is 2.92. The van der Waals surface area contributed by atoms with E-state index >= 15 is 0 Å². The van der Waals surface area contributed by atoms with E-state index in [1.165, 1.54) is 6.26 Å². The number of hydrogen-bond donors (Lipinski definition) is 1. The zero-order valence-corrected chi connectivity index (χ0v) is 11.7. The van der Waals surface area contributed by atoms with E-state index in [1.807, 2.05) is 0 Å². The van der Waals surface area contributed by atoms with Gasteiger partial charge in [-0.2, -0.15) is 0 Å². The first-order chi connectivity index (χ1) is 10.1. The Kier molecular flexibility index (Phi) is 3.66. The highest BCUT2D eigenvalue weighted by atomic mass is 35.5. The highest BCUT2D eigenvalue weighted by Crippen LogP contribution is 2.24. The fourth-order valence-corrected chi connectivity index (χ4v) is 2.37. The van der Waals surface area contributed by atoms with Crippen LogP contribution in [0.4, 0.5) is 0 Å². The van der Waals surface area contributed by atoms with E-state index in [0.717, 1.165) is 5.56 Å². The fourth-order valence-electron chi connectivity index (χ4n) is 2.20. The number of amides is 1. The van der Waals surface area contributed by atoms with Crippen LogP contribution >= 0.6 is 11.6 Å². The molecule has 0 aliphatic carbocycles. The number of esters is 1. The van der Waals surface area contributed by atoms with Crippen LogP contribution in [0, 0.1) is 0 Å². The minimum Gasteiger partial charge on any atom is -0.467 e. The molecule has 21 heavy (non-hydrogen) atoms.